The molecule has 1 amide bonds. The molecule has 5 nitrogen and oxygen atoms in total. The zero-order valence-corrected chi connectivity index (χ0v) is 22.2. The van der Waals surface area contributed by atoms with Gasteiger partial charge in [-0.1, -0.05) is 106 Å². The minimum Gasteiger partial charge on any atom is -0.344 e. The Morgan fingerprint density at radius 1 is 0.806 bits per heavy atom. The number of rotatable bonds is 9. The van der Waals surface area contributed by atoms with Gasteiger partial charge in [0, 0.05) is 11.0 Å². The summed E-state index contributed by atoms with van der Waals surface area (Å²) in [7, 11) is -3.93. The van der Waals surface area contributed by atoms with E-state index in [9.17, 15) is 13.2 Å². The summed E-state index contributed by atoms with van der Waals surface area (Å²) in [6.07, 6.45) is 0. The third-order valence-electron chi connectivity index (χ3n) is 5.82. The largest absolute Gasteiger partial charge is 0.344 e. The van der Waals surface area contributed by atoms with Gasteiger partial charge in [0.15, 0.2) is 0 Å². The number of nitrogens with one attached hydrogen (secondary N) is 1. The van der Waals surface area contributed by atoms with E-state index in [2.05, 4.69) is 21.2 Å². The van der Waals surface area contributed by atoms with E-state index in [1.165, 1.54) is 4.31 Å². The predicted octanol–water partition coefficient (Wildman–Crippen LogP) is 5.85. The molecule has 4 aromatic carbocycles. The van der Waals surface area contributed by atoms with E-state index in [1.807, 2.05) is 91.9 Å². The van der Waals surface area contributed by atoms with Gasteiger partial charge in [-0.05, 0) is 47.9 Å². The first-order chi connectivity index (χ1) is 17.3. The number of nitrogens with zero attached hydrogens (tertiary/aromatic N) is 1. The molecule has 4 rings (SSSR count). The lowest BCUT2D eigenvalue weighted by atomic mass is 9.99. The van der Waals surface area contributed by atoms with Crippen LogP contribution < -0.4 is 5.32 Å². The summed E-state index contributed by atoms with van der Waals surface area (Å²) in [5.74, 6) is -0.388. The first kappa shape index (κ1) is 25.8. The summed E-state index contributed by atoms with van der Waals surface area (Å²) in [4.78, 5) is 13.5. The van der Waals surface area contributed by atoms with Crippen LogP contribution in [0.15, 0.2) is 119 Å². The minimum absolute atomic E-state index is 0.0677. The van der Waals surface area contributed by atoms with Crippen molar-refractivity contribution in [1.29, 1.82) is 0 Å². The zero-order valence-electron chi connectivity index (χ0n) is 19.8. The molecule has 0 saturated heterocycles. The van der Waals surface area contributed by atoms with Crippen LogP contribution in [0, 0.1) is 6.92 Å². The van der Waals surface area contributed by atoms with Crippen LogP contribution in [0.5, 0.6) is 0 Å². The van der Waals surface area contributed by atoms with Crippen molar-refractivity contribution in [2.75, 3.05) is 6.54 Å². The molecule has 0 unspecified atom stereocenters. The van der Waals surface area contributed by atoms with Gasteiger partial charge in [0.2, 0.25) is 15.9 Å². The molecular formula is C29H27BrN2O3S. The summed E-state index contributed by atoms with van der Waals surface area (Å²) in [5, 5.41) is 3.06. The quantitative estimate of drug-likeness (QED) is 0.278. The fourth-order valence-electron chi connectivity index (χ4n) is 3.90. The Hall–Kier alpha value is -3.26. The number of carbonyl (C=O) groups is 1. The predicted molar refractivity (Wildman–Crippen MR) is 146 cm³/mol. The maximum absolute atomic E-state index is 13.6. The van der Waals surface area contributed by atoms with Crippen LogP contribution in [0.25, 0.3) is 0 Å². The first-order valence-electron chi connectivity index (χ1n) is 11.5. The highest BCUT2D eigenvalue weighted by Crippen LogP contribution is 2.23. The van der Waals surface area contributed by atoms with Crippen molar-refractivity contribution in [3.63, 3.8) is 0 Å². The van der Waals surface area contributed by atoms with Gasteiger partial charge in [0.1, 0.15) is 0 Å². The highest BCUT2D eigenvalue weighted by Gasteiger charge is 2.28. The highest BCUT2D eigenvalue weighted by atomic mass is 79.9. The normalized spacial score (nSPS) is 11.6. The first-order valence-corrected chi connectivity index (χ1v) is 13.8. The highest BCUT2D eigenvalue weighted by molar-refractivity contribution is 9.10. The van der Waals surface area contributed by atoms with Gasteiger partial charge < -0.3 is 5.32 Å². The van der Waals surface area contributed by atoms with Gasteiger partial charge in [0.05, 0.1) is 17.5 Å². The van der Waals surface area contributed by atoms with Crippen molar-refractivity contribution in [2.24, 2.45) is 0 Å². The van der Waals surface area contributed by atoms with Crippen LogP contribution in [-0.4, -0.2) is 25.2 Å². The molecule has 0 bridgehead atoms. The molecule has 0 radical (unpaired) electrons. The van der Waals surface area contributed by atoms with Crippen LogP contribution in [-0.2, 0) is 21.4 Å². The molecule has 0 saturated carbocycles. The zero-order chi connectivity index (χ0) is 25.5. The summed E-state index contributed by atoms with van der Waals surface area (Å²) in [6.45, 7) is 1.65. The second-order valence-electron chi connectivity index (χ2n) is 8.53. The molecule has 0 aliphatic carbocycles. The van der Waals surface area contributed by atoms with Crippen LogP contribution in [0.4, 0.5) is 0 Å². The lowest BCUT2D eigenvalue weighted by Gasteiger charge is -2.25. The second kappa shape index (κ2) is 11.6. The van der Waals surface area contributed by atoms with Gasteiger partial charge >= 0.3 is 0 Å². The average Bonchev–Trinajstić information content (AvgIpc) is 2.89. The molecule has 0 aliphatic rings. The smallest absolute Gasteiger partial charge is 0.243 e. The summed E-state index contributed by atoms with van der Waals surface area (Å²) >= 11 is 3.41. The van der Waals surface area contributed by atoms with Crippen molar-refractivity contribution in [1.82, 2.24) is 9.62 Å². The molecule has 0 aliphatic heterocycles. The Kier molecular flexibility index (Phi) is 8.36. The maximum atomic E-state index is 13.6. The maximum Gasteiger partial charge on any atom is 0.243 e. The van der Waals surface area contributed by atoms with Gasteiger partial charge in [-0.2, -0.15) is 4.31 Å². The Morgan fingerprint density at radius 3 is 1.86 bits per heavy atom. The van der Waals surface area contributed by atoms with E-state index in [1.54, 1.807) is 24.3 Å². The van der Waals surface area contributed by atoms with Crippen molar-refractivity contribution < 1.29 is 13.2 Å². The van der Waals surface area contributed by atoms with Crippen LogP contribution in [0.3, 0.4) is 0 Å². The number of hydrogen-bond donors (Lipinski definition) is 1. The van der Waals surface area contributed by atoms with E-state index in [0.717, 1.165) is 26.7 Å². The van der Waals surface area contributed by atoms with E-state index >= 15 is 0 Å². The molecule has 184 valence electrons. The van der Waals surface area contributed by atoms with Gasteiger partial charge in [-0.25, -0.2) is 8.42 Å². The van der Waals surface area contributed by atoms with Gasteiger partial charge in [-0.3, -0.25) is 4.79 Å². The number of halogens is 1. The van der Waals surface area contributed by atoms with Gasteiger partial charge in [0.25, 0.3) is 0 Å². The Labute approximate surface area is 221 Å². The third-order valence-corrected chi connectivity index (χ3v) is 8.16. The molecule has 1 N–H and O–H groups in total. The number of aryl methyl sites for hydroxylation is 1. The van der Waals surface area contributed by atoms with E-state index in [4.69, 9.17) is 0 Å². The number of carbonyl (C=O) groups excluding carboxylic acids is 1. The molecule has 0 aromatic heterocycles. The topological polar surface area (TPSA) is 66.5 Å². The van der Waals surface area contributed by atoms with Crippen molar-refractivity contribution in [3.8, 4) is 0 Å². The van der Waals surface area contributed by atoms with Gasteiger partial charge in [-0.15, -0.1) is 0 Å². The van der Waals surface area contributed by atoms with E-state index in [-0.39, 0.29) is 23.9 Å². The molecule has 36 heavy (non-hydrogen) atoms. The number of sulfonamides is 1. The Balaban J connectivity index is 1.63. The van der Waals surface area contributed by atoms with Crippen LogP contribution in [0.2, 0.25) is 0 Å². The van der Waals surface area contributed by atoms with E-state index < -0.39 is 16.1 Å². The number of benzene rings is 4. The van der Waals surface area contributed by atoms with Crippen molar-refractivity contribution >= 4 is 31.9 Å². The fraction of sp³-hybridized carbons (Fsp3) is 0.138. The molecule has 0 atom stereocenters. The molecule has 0 spiro atoms. The number of amides is 1. The minimum atomic E-state index is -3.93. The monoisotopic (exact) mass is 562 g/mol. The average molecular weight is 564 g/mol. The van der Waals surface area contributed by atoms with E-state index in [0.29, 0.717) is 0 Å². The summed E-state index contributed by atoms with van der Waals surface area (Å²) < 4.78 is 29.3. The molecule has 0 fully saturated rings. The second-order valence-corrected chi connectivity index (χ2v) is 11.4. The number of hydrogen-bond acceptors (Lipinski definition) is 3. The SMILES string of the molecule is Cc1ccc(S(=O)(=O)N(CC(=O)NC(c2ccccc2)c2ccccc2)Cc2ccc(Br)cc2)cc1. The summed E-state index contributed by atoms with van der Waals surface area (Å²) in [6, 6.07) is 32.9. The Morgan fingerprint density at radius 2 is 1.33 bits per heavy atom. The fourth-order valence-corrected chi connectivity index (χ4v) is 5.54. The Bertz CT molecular complexity index is 1350. The van der Waals surface area contributed by atoms with Crippen molar-refractivity contribution in [3.05, 3.63) is 136 Å². The molecule has 4 aromatic rings. The standard InChI is InChI=1S/C29H27BrN2O3S/c1-22-12-18-27(19-13-22)36(34,35)32(20-23-14-16-26(30)17-15-23)21-28(33)31-29(24-8-4-2-5-9-24)25-10-6-3-7-11-25/h2-19,29H,20-21H2,1H3,(H,31,33). The van der Waals surface area contributed by atoms with Crippen LogP contribution in [0.1, 0.15) is 28.3 Å². The van der Waals surface area contributed by atoms with Crippen LogP contribution >= 0.6 is 15.9 Å². The molecule has 7 heteroatoms. The molecular weight excluding hydrogens is 536 g/mol. The lowest BCUT2D eigenvalue weighted by Crippen LogP contribution is -2.41. The third kappa shape index (κ3) is 6.49. The van der Waals surface area contributed by atoms with Crippen molar-refractivity contribution in [2.45, 2.75) is 24.4 Å². The summed E-state index contributed by atoms with van der Waals surface area (Å²) in [5.41, 5.74) is 3.57. The molecule has 0 heterocycles. The lowest BCUT2D eigenvalue weighted by molar-refractivity contribution is -0.121.